The molecule has 0 saturated carbocycles. The number of amides is 1. The summed E-state index contributed by atoms with van der Waals surface area (Å²) < 4.78 is 135. The van der Waals surface area contributed by atoms with Crippen LogP contribution in [0.1, 0.15) is 46.3 Å². The number of nitrogens with two attached hydrogens (primary N) is 1. The number of ketones is 1. The number of hydrogen-bond acceptors (Lipinski definition) is 3. The number of carbonyl (C=O) groups excluding carboxylic acids is 2. The Bertz CT molecular complexity index is 1320. The van der Waals surface area contributed by atoms with Crippen LogP contribution in [0.5, 0.6) is 0 Å². The summed E-state index contributed by atoms with van der Waals surface area (Å²) in [6, 6.07) is 2.65. The molecule has 1 amide bonds. The molecule has 0 heterocycles. The molecule has 0 aliphatic rings. The van der Waals surface area contributed by atoms with Crippen molar-refractivity contribution < 1.29 is 53.5 Å². The van der Waals surface area contributed by atoms with Gasteiger partial charge in [0.1, 0.15) is 18.3 Å². The van der Waals surface area contributed by atoms with Crippen LogP contribution in [0.25, 0.3) is 5.83 Å². The van der Waals surface area contributed by atoms with Gasteiger partial charge in [-0.05, 0) is 29.8 Å². The van der Waals surface area contributed by atoms with Gasteiger partial charge < -0.3 is 0 Å². The minimum atomic E-state index is -5.33. The number of nitrogens with zero attached hydrogens (tertiary/aromatic N) is 1. The van der Waals surface area contributed by atoms with E-state index < -0.39 is 93.1 Å². The average Bonchev–Trinajstić information content (AvgIpc) is 2.82. The zero-order valence-electron chi connectivity index (χ0n) is 20.3. The number of allylic oxidation sites excluding steroid dienone is 1. The van der Waals surface area contributed by atoms with E-state index in [1.54, 1.807) is 0 Å². The molecule has 1 unspecified atom stereocenters. The maximum atomic E-state index is 15.0. The van der Waals surface area contributed by atoms with Gasteiger partial charge >= 0.3 is 18.5 Å². The number of benzene rings is 2. The number of rotatable bonds is 8. The highest BCUT2D eigenvalue weighted by Crippen LogP contribution is 2.43. The number of hydrazine groups is 1. The highest BCUT2D eigenvalue weighted by molar-refractivity contribution is 6.48. The van der Waals surface area contributed by atoms with Crippen molar-refractivity contribution in [2.45, 2.75) is 37.8 Å². The minimum absolute atomic E-state index is 0.0237. The molecule has 41 heavy (non-hydrogen) atoms. The van der Waals surface area contributed by atoms with Gasteiger partial charge in [-0.3, -0.25) is 14.6 Å². The largest absolute Gasteiger partial charge is 0.417 e. The summed E-state index contributed by atoms with van der Waals surface area (Å²) in [6.45, 7) is -0.932. The van der Waals surface area contributed by atoms with Crippen molar-refractivity contribution in [1.82, 2.24) is 5.01 Å². The zero-order valence-corrected chi connectivity index (χ0v) is 22.6. The highest BCUT2D eigenvalue weighted by Gasteiger charge is 2.41. The fourth-order valence-corrected chi connectivity index (χ4v) is 4.19. The Hall–Kier alpha value is -2.55. The summed E-state index contributed by atoms with van der Waals surface area (Å²) in [4.78, 5) is 24.6. The Kier molecular flexibility index (Phi) is 10.8. The molecule has 2 atom stereocenters. The quantitative estimate of drug-likeness (QED) is 0.0769. The molecular formula is C24H17Cl3F10N2O2. The van der Waals surface area contributed by atoms with E-state index in [-0.39, 0.29) is 22.2 Å². The number of alkyl halides is 9. The Morgan fingerprint density at radius 1 is 0.951 bits per heavy atom. The smallest absolute Gasteiger partial charge is 0.294 e. The lowest BCUT2D eigenvalue weighted by molar-refractivity contribution is -0.163. The number of carbonyl (C=O) groups is 2. The van der Waals surface area contributed by atoms with E-state index in [1.807, 2.05) is 0 Å². The van der Waals surface area contributed by atoms with Crippen LogP contribution in [-0.4, -0.2) is 35.6 Å². The number of halogens is 13. The summed E-state index contributed by atoms with van der Waals surface area (Å²) in [5.41, 5.74) is -4.52. The molecule has 2 aromatic rings. The van der Waals surface area contributed by atoms with Crippen molar-refractivity contribution in [3.63, 3.8) is 0 Å². The second kappa shape index (κ2) is 12.8. The maximum absolute atomic E-state index is 15.0. The van der Waals surface area contributed by atoms with Gasteiger partial charge in [-0.2, -0.15) is 39.5 Å². The van der Waals surface area contributed by atoms with Gasteiger partial charge in [0.15, 0.2) is 5.78 Å². The van der Waals surface area contributed by atoms with Crippen LogP contribution in [0.2, 0.25) is 15.1 Å². The molecule has 0 saturated heterocycles. The molecule has 0 aliphatic carbocycles. The van der Waals surface area contributed by atoms with Crippen LogP contribution in [0.4, 0.5) is 43.9 Å². The van der Waals surface area contributed by atoms with Crippen molar-refractivity contribution >= 4 is 52.3 Å². The summed E-state index contributed by atoms with van der Waals surface area (Å²) in [7, 11) is 0. The summed E-state index contributed by atoms with van der Waals surface area (Å²) in [5, 5.41) is -1.33. The van der Waals surface area contributed by atoms with E-state index in [9.17, 15) is 53.5 Å². The molecule has 0 aliphatic heterocycles. The molecule has 0 fully saturated rings. The van der Waals surface area contributed by atoms with E-state index >= 15 is 0 Å². The molecule has 4 nitrogen and oxygen atoms in total. The second-order valence-corrected chi connectivity index (χ2v) is 9.89. The van der Waals surface area contributed by atoms with Gasteiger partial charge in [0.25, 0.3) is 0 Å². The first-order chi connectivity index (χ1) is 18.5. The zero-order chi connectivity index (χ0) is 31.7. The minimum Gasteiger partial charge on any atom is -0.294 e. The lowest BCUT2D eigenvalue weighted by Crippen LogP contribution is -2.46. The van der Waals surface area contributed by atoms with Crippen molar-refractivity contribution in [1.29, 1.82) is 0 Å². The third kappa shape index (κ3) is 9.22. The van der Waals surface area contributed by atoms with Gasteiger partial charge in [-0.25, -0.2) is 10.2 Å². The van der Waals surface area contributed by atoms with Gasteiger partial charge in [0.2, 0.25) is 5.91 Å². The summed E-state index contributed by atoms with van der Waals surface area (Å²) >= 11 is 17.2. The van der Waals surface area contributed by atoms with Crippen LogP contribution in [0.3, 0.4) is 0 Å². The Balaban J connectivity index is 2.47. The molecule has 2 N–H and O–H groups in total. The van der Waals surface area contributed by atoms with Gasteiger partial charge in [0, 0.05) is 23.5 Å². The molecule has 0 spiro atoms. The van der Waals surface area contributed by atoms with Gasteiger partial charge in [-0.15, -0.1) is 0 Å². The van der Waals surface area contributed by atoms with Crippen molar-refractivity contribution in [3.05, 3.63) is 73.7 Å². The standard InChI is InChI=1S/C24H17Cl3F10N2O2/c1-10(21(41)39(38)9-22(29,30)31)4-19(40)13-3-2-11(5-15(13)24(35,36)37)18(28)8-14(23(32,33)34)12-6-16(25)20(27)17(26)7-12/h2-3,5-8,10,14H,4,9,38H2,1H3/b18-8-/t10-,14?/m0/s1. The fourth-order valence-electron chi connectivity index (χ4n) is 3.58. The lowest BCUT2D eigenvalue weighted by Gasteiger charge is -2.22. The average molecular weight is 662 g/mol. The third-order valence-corrected chi connectivity index (χ3v) is 6.67. The number of hydrogen-bond donors (Lipinski definition) is 1. The molecule has 0 aromatic heterocycles. The van der Waals surface area contributed by atoms with E-state index in [4.69, 9.17) is 40.6 Å². The van der Waals surface area contributed by atoms with Crippen molar-refractivity contribution in [2.75, 3.05) is 6.54 Å². The number of Topliss-reactive ketones (excluding diaryl/α,β-unsaturated/α-hetero) is 1. The maximum Gasteiger partial charge on any atom is 0.417 e. The first kappa shape index (κ1) is 34.7. The topological polar surface area (TPSA) is 63.4 Å². The Morgan fingerprint density at radius 2 is 1.49 bits per heavy atom. The van der Waals surface area contributed by atoms with Crippen molar-refractivity contribution in [2.24, 2.45) is 11.8 Å². The molecular weight excluding hydrogens is 645 g/mol. The van der Waals surface area contributed by atoms with Crippen LogP contribution in [0.15, 0.2) is 36.4 Å². The first-order valence-electron chi connectivity index (χ1n) is 11.0. The third-order valence-electron chi connectivity index (χ3n) is 5.48. The normalized spacial score (nSPS) is 14.6. The SMILES string of the molecule is C[C@@H](CC(=O)c1ccc(/C(F)=C/C(c2cc(Cl)c(Cl)c(Cl)c2)C(F)(F)F)cc1C(F)(F)F)C(=O)N(N)CC(F)(F)F. The van der Waals surface area contributed by atoms with Crippen LogP contribution < -0.4 is 5.84 Å². The first-order valence-corrected chi connectivity index (χ1v) is 12.1. The second-order valence-electron chi connectivity index (χ2n) is 8.70. The monoisotopic (exact) mass is 660 g/mol. The van der Waals surface area contributed by atoms with Gasteiger partial charge in [0.05, 0.1) is 20.6 Å². The molecule has 0 radical (unpaired) electrons. The molecule has 17 heteroatoms. The Labute approximate surface area is 240 Å². The molecule has 226 valence electrons. The van der Waals surface area contributed by atoms with E-state index in [1.165, 1.54) is 0 Å². The van der Waals surface area contributed by atoms with Gasteiger partial charge in [-0.1, -0.05) is 53.9 Å². The molecule has 2 rings (SSSR count). The fraction of sp³-hybridized carbons (Fsp3) is 0.333. The van der Waals surface area contributed by atoms with Crippen molar-refractivity contribution in [3.8, 4) is 0 Å². The predicted molar refractivity (Wildman–Crippen MR) is 131 cm³/mol. The summed E-state index contributed by atoms with van der Waals surface area (Å²) in [5.74, 6) is -3.80. The highest BCUT2D eigenvalue weighted by atomic mass is 35.5. The van der Waals surface area contributed by atoms with Crippen LogP contribution in [0, 0.1) is 5.92 Å². The predicted octanol–water partition coefficient (Wildman–Crippen LogP) is 8.80. The Morgan fingerprint density at radius 3 is 1.95 bits per heavy atom. The molecule has 2 aromatic carbocycles. The van der Waals surface area contributed by atoms with E-state index in [0.717, 1.165) is 19.1 Å². The lowest BCUT2D eigenvalue weighted by atomic mass is 9.92. The van der Waals surface area contributed by atoms with E-state index in [0.29, 0.717) is 12.1 Å². The molecule has 0 bridgehead atoms. The van der Waals surface area contributed by atoms with Crippen LogP contribution in [-0.2, 0) is 11.0 Å². The van der Waals surface area contributed by atoms with E-state index in [2.05, 4.69) is 0 Å². The summed E-state index contributed by atoms with van der Waals surface area (Å²) in [6.07, 6.45) is -16.4. The van der Waals surface area contributed by atoms with Crippen LogP contribution >= 0.6 is 34.8 Å².